The third kappa shape index (κ3) is 10.4. The molecular formula is C24H41O4. The molecule has 0 bridgehead atoms. The highest BCUT2D eigenvalue weighted by Crippen LogP contribution is 2.24. The fourth-order valence-electron chi connectivity index (χ4n) is 3.74. The maximum Gasteiger partial charge on any atom is 0.306 e. The lowest BCUT2D eigenvalue weighted by Crippen LogP contribution is -2.26. The van der Waals surface area contributed by atoms with Crippen LogP contribution in [0.2, 0.25) is 0 Å². The molecule has 28 heavy (non-hydrogen) atoms. The van der Waals surface area contributed by atoms with E-state index in [1.807, 2.05) is 6.92 Å². The molecular weight excluding hydrogens is 352 g/mol. The predicted octanol–water partition coefficient (Wildman–Crippen LogP) is 5.00. The second-order valence-electron chi connectivity index (χ2n) is 8.78. The first-order valence-electron chi connectivity index (χ1n) is 10.9. The number of aliphatic hydroxyl groups is 2. The first-order chi connectivity index (χ1) is 13.2. The van der Waals surface area contributed by atoms with Crippen LogP contribution in [0, 0.1) is 24.2 Å². The Hall–Kier alpha value is -1.13. The van der Waals surface area contributed by atoms with Gasteiger partial charge in [0.1, 0.15) is 6.10 Å². The van der Waals surface area contributed by atoms with Crippen LogP contribution < -0.4 is 0 Å². The molecule has 0 aromatic rings. The Morgan fingerprint density at radius 2 is 1.93 bits per heavy atom. The van der Waals surface area contributed by atoms with Crippen molar-refractivity contribution in [2.24, 2.45) is 17.8 Å². The fraction of sp³-hybridized carbons (Fsp3) is 0.750. The highest BCUT2D eigenvalue weighted by molar-refractivity contribution is 5.69. The molecule has 4 heteroatoms. The molecule has 1 heterocycles. The molecule has 1 aliphatic heterocycles. The summed E-state index contributed by atoms with van der Waals surface area (Å²) in [5.74, 6) is 0.632. The number of rotatable bonds is 7. The van der Waals surface area contributed by atoms with E-state index in [1.165, 1.54) is 5.57 Å². The zero-order chi connectivity index (χ0) is 21.1. The summed E-state index contributed by atoms with van der Waals surface area (Å²) in [4.78, 5) is 12.2. The Balaban J connectivity index is 2.70. The Bertz CT molecular complexity index is 509. The highest BCUT2D eigenvalue weighted by atomic mass is 16.5. The van der Waals surface area contributed by atoms with Gasteiger partial charge in [0, 0.05) is 18.8 Å². The van der Waals surface area contributed by atoms with Crippen molar-refractivity contribution in [2.45, 2.75) is 97.9 Å². The summed E-state index contributed by atoms with van der Waals surface area (Å²) >= 11 is 0. The van der Waals surface area contributed by atoms with Crippen LogP contribution in [0.1, 0.15) is 79.6 Å². The van der Waals surface area contributed by atoms with E-state index in [1.54, 1.807) is 6.92 Å². The molecule has 0 aliphatic carbocycles. The summed E-state index contributed by atoms with van der Waals surface area (Å²) in [6.07, 6.45) is 12.8. The molecule has 0 spiro atoms. The molecule has 1 rings (SSSR count). The van der Waals surface area contributed by atoms with Gasteiger partial charge in [0.2, 0.25) is 0 Å². The van der Waals surface area contributed by atoms with Gasteiger partial charge in [0.05, 0.1) is 12.2 Å². The van der Waals surface area contributed by atoms with Crippen molar-refractivity contribution in [2.75, 3.05) is 0 Å². The van der Waals surface area contributed by atoms with Crippen molar-refractivity contribution in [1.82, 2.24) is 0 Å². The summed E-state index contributed by atoms with van der Waals surface area (Å²) in [5.41, 5.74) is 1.18. The third-order valence-electron chi connectivity index (χ3n) is 5.50. The molecule has 0 saturated heterocycles. The van der Waals surface area contributed by atoms with Crippen LogP contribution in [0.4, 0.5) is 0 Å². The van der Waals surface area contributed by atoms with Crippen LogP contribution in [-0.2, 0) is 9.53 Å². The molecule has 2 N–H and O–H groups in total. The number of hydrogen-bond donors (Lipinski definition) is 2. The van der Waals surface area contributed by atoms with Gasteiger partial charge in [0.25, 0.3) is 0 Å². The van der Waals surface area contributed by atoms with E-state index in [9.17, 15) is 15.0 Å². The van der Waals surface area contributed by atoms with Crippen molar-refractivity contribution in [3.63, 3.8) is 0 Å². The minimum Gasteiger partial charge on any atom is -0.462 e. The van der Waals surface area contributed by atoms with Crippen LogP contribution >= 0.6 is 0 Å². The number of allylic oxidation sites excluding steroid dienone is 2. The SMILES string of the molecule is C/C(=C\[C@@H](C)[C@H](O)C[C@@H](C)O)C[C@H](C)[C@H]1C/C=C/CC(C)[CH]CCCC(=O)O1. The Morgan fingerprint density at radius 1 is 1.25 bits per heavy atom. The predicted molar refractivity (Wildman–Crippen MR) is 115 cm³/mol. The number of esters is 1. The second kappa shape index (κ2) is 13.2. The molecule has 6 atom stereocenters. The maximum absolute atomic E-state index is 12.2. The first-order valence-corrected chi connectivity index (χ1v) is 10.9. The lowest BCUT2D eigenvalue weighted by atomic mass is 9.90. The Kier molecular flexibility index (Phi) is 11.7. The normalized spacial score (nSPS) is 28.2. The third-order valence-corrected chi connectivity index (χ3v) is 5.50. The molecule has 0 amide bonds. The maximum atomic E-state index is 12.2. The van der Waals surface area contributed by atoms with Crippen molar-refractivity contribution in [3.8, 4) is 0 Å². The molecule has 161 valence electrons. The minimum absolute atomic E-state index is 0.0155. The lowest BCUT2D eigenvalue weighted by Gasteiger charge is -2.25. The van der Waals surface area contributed by atoms with Crippen LogP contribution in [0.3, 0.4) is 0 Å². The molecule has 0 saturated carbocycles. The molecule has 0 aromatic heterocycles. The van der Waals surface area contributed by atoms with E-state index >= 15 is 0 Å². The van der Waals surface area contributed by atoms with E-state index < -0.39 is 12.2 Å². The summed E-state index contributed by atoms with van der Waals surface area (Å²) < 4.78 is 5.80. The van der Waals surface area contributed by atoms with E-state index in [0.717, 1.165) is 32.1 Å². The zero-order valence-corrected chi connectivity index (χ0v) is 18.4. The van der Waals surface area contributed by atoms with Crippen molar-refractivity contribution >= 4 is 5.97 Å². The van der Waals surface area contributed by atoms with Crippen molar-refractivity contribution in [3.05, 3.63) is 30.2 Å². The van der Waals surface area contributed by atoms with Gasteiger partial charge >= 0.3 is 5.97 Å². The fourth-order valence-corrected chi connectivity index (χ4v) is 3.74. The average molecular weight is 394 g/mol. The average Bonchev–Trinajstić information content (AvgIpc) is 2.59. The lowest BCUT2D eigenvalue weighted by molar-refractivity contribution is -0.151. The van der Waals surface area contributed by atoms with Gasteiger partial charge in [-0.3, -0.25) is 4.79 Å². The number of hydrogen-bond acceptors (Lipinski definition) is 4. The number of carbonyl (C=O) groups excluding carboxylic acids is 1. The molecule has 1 radical (unpaired) electrons. The smallest absolute Gasteiger partial charge is 0.306 e. The second-order valence-corrected chi connectivity index (χ2v) is 8.78. The van der Waals surface area contributed by atoms with E-state index in [4.69, 9.17) is 4.74 Å². The number of ether oxygens (including phenoxy) is 1. The van der Waals surface area contributed by atoms with Crippen LogP contribution in [0.15, 0.2) is 23.8 Å². The van der Waals surface area contributed by atoms with Crippen molar-refractivity contribution in [1.29, 1.82) is 0 Å². The zero-order valence-electron chi connectivity index (χ0n) is 18.4. The van der Waals surface area contributed by atoms with Gasteiger partial charge < -0.3 is 14.9 Å². The van der Waals surface area contributed by atoms with Crippen molar-refractivity contribution < 1.29 is 19.7 Å². The Labute approximate surface area is 172 Å². The summed E-state index contributed by atoms with van der Waals surface area (Å²) in [6.45, 7) is 10.1. The van der Waals surface area contributed by atoms with Crippen LogP contribution in [-0.4, -0.2) is 34.5 Å². The molecule has 1 aliphatic rings. The van der Waals surface area contributed by atoms with Crippen LogP contribution in [0.5, 0.6) is 0 Å². The topological polar surface area (TPSA) is 66.8 Å². The van der Waals surface area contributed by atoms with Gasteiger partial charge in [-0.05, 0) is 64.2 Å². The largest absolute Gasteiger partial charge is 0.462 e. The quantitative estimate of drug-likeness (QED) is 0.472. The molecule has 0 fully saturated rings. The number of carbonyl (C=O) groups is 1. The van der Waals surface area contributed by atoms with E-state index in [2.05, 4.69) is 45.4 Å². The van der Waals surface area contributed by atoms with Gasteiger partial charge in [-0.1, -0.05) is 44.6 Å². The summed E-state index contributed by atoms with van der Waals surface area (Å²) in [5, 5.41) is 19.6. The standard InChI is InChI=1S/C24H41O4/c1-17-10-6-8-12-23(28-24(27)13-9-7-11-17)20(4)15-18(2)14-19(3)22(26)16-21(5)25/h6,8,11,14,17,19-23,25-26H,7,9-10,12-13,15-16H2,1-5H3/b8-6+,18-14+/t17?,19-,20+,21-,22-,23-/m1/s1. The minimum atomic E-state index is -0.550. The van der Waals surface area contributed by atoms with Gasteiger partial charge in [-0.25, -0.2) is 0 Å². The van der Waals surface area contributed by atoms with Gasteiger partial charge in [-0.15, -0.1) is 0 Å². The number of aliphatic hydroxyl groups excluding tert-OH is 2. The molecule has 1 unspecified atom stereocenters. The van der Waals surface area contributed by atoms with E-state index in [-0.39, 0.29) is 23.9 Å². The van der Waals surface area contributed by atoms with Gasteiger partial charge in [0.15, 0.2) is 0 Å². The molecule has 0 aromatic carbocycles. The molecule has 4 nitrogen and oxygen atoms in total. The first kappa shape index (κ1) is 24.9. The van der Waals surface area contributed by atoms with Crippen LogP contribution in [0.25, 0.3) is 0 Å². The summed E-state index contributed by atoms with van der Waals surface area (Å²) in [6, 6.07) is 0. The Morgan fingerprint density at radius 3 is 2.61 bits per heavy atom. The number of cyclic esters (lactones) is 1. The van der Waals surface area contributed by atoms with Gasteiger partial charge in [-0.2, -0.15) is 0 Å². The van der Waals surface area contributed by atoms with E-state index in [0.29, 0.717) is 18.8 Å². The highest BCUT2D eigenvalue weighted by Gasteiger charge is 2.22. The monoisotopic (exact) mass is 393 g/mol. The summed E-state index contributed by atoms with van der Waals surface area (Å²) in [7, 11) is 0.